The van der Waals surface area contributed by atoms with Crippen LogP contribution in [-0.4, -0.2) is 54.1 Å². The van der Waals surface area contributed by atoms with Crippen molar-refractivity contribution in [2.75, 3.05) is 26.2 Å². The van der Waals surface area contributed by atoms with E-state index in [0.717, 1.165) is 24.5 Å². The highest BCUT2D eigenvalue weighted by molar-refractivity contribution is 4.90. The van der Waals surface area contributed by atoms with Crippen LogP contribution < -0.4 is 5.73 Å². The predicted octanol–water partition coefficient (Wildman–Crippen LogP) is 1.53. The van der Waals surface area contributed by atoms with Crippen molar-refractivity contribution in [1.29, 1.82) is 0 Å². The molecule has 2 heterocycles. The van der Waals surface area contributed by atoms with Gasteiger partial charge in [0.1, 0.15) is 0 Å². The van der Waals surface area contributed by atoms with E-state index in [1.54, 1.807) is 0 Å². The maximum Gasteiger partial charge on any atom is 0.0238 e. The number of likely N-dealkylation sites (tertiary alicyclic amines) is 2. The second kappa shape index (κ2) is 5.68. The van der Waals surface area contributed by atoms with Gasteiger partial charge in [0.05, 0.1) is 0 Å². The van der Waals surface area contributed by atoms with Gasteiger partial charge in [-0.1, -0.05) is 0 Å². The summed E-state index contributed by atoms with van der Waals surface area (Å²) >= 11 is 0. The number of rotatable bonds is 3. The molecule has 0 radical (unpaired) electrons. The minimum Gasteiger partial charge on any atom is -0.330 e. The molecule has 3 unspecified atom stereocenters. The molecule has 2 fully saturated rings. The molecule has 3 heteroatoms. The van der Waals surface area contributed by atoms with Crippen molar-refractivity contribution in [3.05, 3.63) is 0 Å². The highest BCUT2D eigenvalue weighted by Crippen LogP contribution is 2.27. The van der Waals surface area contributed by atoms with E-state index in [1.165, 1.54) is 38.9 Å². The molecule has 2 saturated heterocycles. The van der Waals surface area contributed by atoms with Crippen molar-refractivity contribution in [2.45, 2.75) is 58.2 Å². The molecule has 0 spiro atoms. The van der Waals surface area contributed by atoms with Gasteiger partial charge in [0.2, 0.25) is 0 Å². The minimum atomic E-state index is 0.699. The normalized spacial score (nSPS) is 36.9. The third-order valence-electron chi connectivity index (χ3n) is 4.76. The number of piperidine rings is 1. The smallest absolute Gasteiger partial charge is 0.0238 e. The van der Waals surface area contributed by atoms with E-state index >= 15 is 0 Å². The van der Waals surface area contributed by atoms with Crippen LogP contribution in [0.2, 0.25) is 0 Å². The number of nitrogens with two attached hydrogens (primary N) is 1. The van der Waals surface area contributed by atoms with Gasteiger partial charge in [0.25, 0.3) is 0 Å². The fraction of sp³-hybridized carbons (Fsp3) is 1.00. The van der Waals surface area contributed by atoms with Gasteiger partial charge in [0.15, 0.2) is 0 Å². The van der Waals surface area contributed by atoms with Gasteiger partial charge in [-0.25, -0.2) is 0 Å². The summed E-state index contributed by atoms with van der Waals surface area (Å²) in [5.74, 6) is 0.735. The Morgan fingerprint density at radius 2 is 1.94 bits per heavy atom. The largest absolute Gasteiger partial charge is 0.330 e. The molecule has 17 heavy (non-hydrogen) atoms. The Morgan fingerprint density at radius 1 is 1.18 bits per heavy atom. The average molecular weight is 239 g/mol. The van der Waals surface area contributed by atoms with Crippen LogP contribution in [0.15, 0.2) is 0 Å². The predicted molar refractivity (Wildman–Crippen MR) is 73.1 cm³/mol. The summed E-state index contributed by atoms with van der Waals surface area (Å²) in [5.41, 5.74) is 5.85. The lowest BCUT2D eigenvalue weighted by atomic mass is 9.92. The molecule has 100 valence electrons. The van der Waals surface area contributed by atoms with Crippen LogP contribution in [0.25, 0.3) is 0 Å². The number of hydrogen-bond acceptors (Lipinski definition) is 3. The van der Waals surface area contributed by atoms with Gasteiger partial charge < -0.3 is 5.73 Å². The van der Waals surface area contributed by atoms with E-state index in [4.69, 9.17) is 5.73 Å². The minimum absolute atomic E-state index is 0.699. The zero-order chi connectivity index (χ0) is 12.4. The molecule has 2 rings (SSSR count). The first kappa shape index (κ1) is 13.3. The number of hydrogen-bond donors (Lipinski definition) is 1. The van der Waals surface area contributed by atoms with E-state index in [-0.39, 0.29) is 0 Å². The van der Waals surface area contributed by atoms with Crippen LogP contribution in [0.1, 0.15) is 40.0 Å². The standard InChI is InChI=1S/C14H29N3/c1-11(2)16-7-6-14(10-16)17-9-13(8-15)5-4-12(17)3/h11-14H,4-10,15H2,1-3H3. The van der Waals surface area contributed by atoms with Gasteiger partial charge in [-0.05, 0) is 52.5 Å². The van der Waals surface area contributed by atoms with Crippen molar-refractivity contribution < 1.29 is 0 Å². The van der Waals surface area contributed by atoms with Crippen molar-refractivity contribution >= 4 is 0 Å². The summed E-state index contributed by atoms with van der Waals surface area (Å²) in [4.78, 5) is 5.35. The molecule has 2 aliphatic rings. The van der Waals surface area contributed by atoms with Gasteiger partial charge in [-0.15, -0.1) is 0 Å². The lowest BCUT2D eigenvalue weighted by molar-refractivity contribution is 0.0746. The van der Waals surface area contributed by atoms with Gasteiger partial charge in [-0.2, -0.15) is 0 Å². The maximum absolute atomic E-state index is 5.85. The quantitative estimate of drug-likeness (QED) is 0.810. The van der Waals surface area contributed by atoms with Crippen LogP contribution in [0.5, 0.6) is 0 Å². The van der Waals surface area contributed by atoms with Gasteiger partial charge in [0, 0.05) is 37.8 Å². The maximum atomic E-state index is 5.85. The third kappa shape index (κ3) is 3.01. The number of nitrogens with zero attached hydrogens (tertiary/aromatic N) is 2. The monoisotopic (exact) mass is 239 g/mol. The second-order valence-corrected chi connectivity index (χ2v) is 6.26. The topological polar surface area (TPSA) is 32.5 Å². The highest BCUT2D eigenvalue weighted by Gasteiger charge is 2.34. The molecule has 2 N–H and O–H groups in total. The fourth-order valence-corrected chi connectivity index (χ4v) is 3.42. The fourth-order valence-electron chi connectivity index (χ4n) is 3.42. The SMILES string of the molecule is CC(C)N1CCC(N2CC(CN)CCC2C)C1. The summed E-state index contributed by atoms with van der Waals surface area (Å²) in [5, 5.41) is 0. The molecule has 0 amide bonds. The van der Waals surface area contributed by atoms with Gasteiger partial charge in [-0.3, -0.25) is 9.80 Å². The lowest BCUT2D eigenvalue weighted by Gasteiger charge is -2.41. The lowest BCUT2D eigenvalue weighted by Crippen LogP contribution is -2.50. The molecular weight excluding hydrogens is 210 g/mol. The highest BCUT2D eigenvalue weighted by atomic mass is 15.3. The van der Waals surface area contributed by atoms with Gasteiger partial charge >= 0.3 is 0 Å². The Balaban J connectivity index is 1.92. The first-order chi connectivity index (χ1) is 8.11. The molecule has 0 aliphatic carbocycles. The summed E-state index contributed by atoms with van der Waals surface area (Å²) in [7, 11) is 0. The first-order valence-electron chi connectivity index (χ1n) is 7.31. The Labute approximate surface area is 106 Å². The molecule has 0 aromatic rings. The van der Waals surface area contributed by atoms with Crippen LogP contribution in [0, 0.1) is 5.92 Å². The third-order valence-corrected chi connectivity index (χ3v) is 4.76. The van der Waals surface area contributed by atoms with Crippen LogP contribution >= 0.6 is 0 Å². The molecule has 0 saturated carbocycles. The summed E-state index contributed by atoms with van der Waals surface area (Å²) < 4.78 is 0. The molecular formula is C14H29N3. The molecule has 0 aromatic heterocycles. The summed E-state index contributed by atoms with van der Waals surface area (Å²) in [6.45, 7) is 11.6. The Hall–Kier alpha value is -0.120. The van der Waals surface area contributed by atoms with E-state index in [2.05, 4.69) is 30.6 Å². The summed E-state index contributed by atoms with van der Waals surface area (Å²) in [6, 6.07) is 2.24. The first-order valence-corrected chi connectivity index (χ1v) is 7.31. The molecule has 2 aliphatic heterocycles. The zero-order valence-corrected chi connectivity index (χ0v) is 11.7. The van der Waals surface area contributed by atoms with Crippen molar-refractivity contribution in [1.82, 2.24) is 9.80 Å². The molecule has 0 aromatic carbocycles. The Morgan fingerprint density at radius 3 is 2.53 bits per heavy atom. The molecule has 0 bridgehead atoms. The van der Waals surface area contributed by atoms with Crippen molar-refractivity contribution in [3.8, 4) is 0 Å². The Kier molecular flexibility index (Phi) is 4.45. The van der Waals surface area contributed by atoms with Crippen molar-refractivity contribution in [3.63, 3.8) is 0 Å². The average Bonchev–Trinajstić information content (AvgIpc) is 2.79. The van der Waals surface area contributed by atoms with Crippen LogP contribution in [0.3, 0.4) is 0 Å². The van der Waals surface area contributed by atoms with E-state index in [0.29, 0.717) is 6.04 Å². The zero-order valence-electron chi connectivity index (χ0n) is 11.7. The summed E-state index contributed by atoms with van der Waals surface area (Å²) in [6.07, 6.45) is 4.01. The molecule has 3 nitrogen and oxygen atoms in total. The van der Waals surface area contributed by atoms with E-state index in [1.807, 2.05) is 0 Å². The van der Waals surface area contributed by atoms with E-state index < -0.39 is 0 Å². The van der Waals surface area contributed by atoms with Crippen LogP contribution in [-0.2, 0) is 0 Å². The van der Waals surface area contributed by atoms with Crippen molar-refractivity contribution in [2.24, 2.45) is 11.7 Å². The van der Waals surface area contributed by atoms with E-state index in [9.17, 15) is 0 Å². The van der Waals surface area contributed by atoms with Crippen LogP contribution in [0.4, 0.5) is 0 Å². The second-order valence-electron chi connectivity index (χ2n) is 6.26. The Bertz CT molecular complexity index is 242. The molecule has 3 atom stereocenters.